The maximum atomic E-state index is 11.3. The van der Waals surface area contributed by atoms with E-state index < -0.39 is 6.04 Å². The standard InChI is InChI=1S/C11H22N2O2/c1-4-15-11(14)10(12)7-13-6-8(2)5-9(13)3/h8-10H,4-7,12H2,1-3H3. The molecule has 0 aromatic carbocycles. The largest absolute Gasteiger partial charge is 0.465 e. The molecule has 0 aromatic heterocycles. The number of ether oxygens (including phenoxy) is 1. The van der Waals surface area contributed by atoms with E-state index in [4.69, 9.17) is 10.5 Å². The average molecular weight is 214 g/mol. The van der Waals surface area contributed by atoms with E-state index >= 15 is 0 Å². The Morgan fingerprint density at radius 1 is 1.60 bits per heavy atom. The van der Waals surface area contributed by atoms with E-state index in [9.17, 15) is 4.79 Å². The van der Waals surface area contributed by atoms with E-state index in [1.54, 1.807) is 6.92 Å². The van der Waals surface area contributed by atoms with E-state index in [-0.39, 0.29) is 5.97 Å². The Hall–Kier alpha value is -0.610. The van der Waals surface area contributed by atoms with Gasteiger partial charge < -0.3 is 10.5 Å². The summed E-state index contributed by atoms with van der Waals surface area (Å²) in [6.45, 7) is 8.26. The lowest BCUT2D eigenvalue weighted by Crippen LogP contribution is -2.44. The quantitative estimate of drug-likeness (QED) is 0.697. The zero-order chi connectivity index (χ0) is 11.4. The number of esters is 1. The molecule has 4 heteroatoms. The molecule has 2 N–H and O–H groups in total. The second kappa shape index (κ2) is 5.47. The monoisotopic (exact) mass is 214 g/mol. The van der Waals surface area contributed by atoms with Crippen molar-refractivity contribution in [2.75, 3.05) is 19.7 Å². The maximum Gasteiger partial charge on any atom is 0.324 e. The summed E-state index contributed by atoms with van der Waals surface area (Å²) in [5.41, 5.74) is 5.77. The van der Waals surface area contributed by atoms with Crippen LogP contribution < -0.4 is 5.73 Å². The van der Waals surface area contributed by atoms with Crippen LogP contribution in [0.2, 0.25) is 0 Å². The molecule has 3 atom stereocenters. The van der Waals surface area contributed by atoms with Gasteiger partial charge in [-0.05, 0) is 26.2 Å². The van der Waals surface area contributed by atoms with Crippen LogP contribution in [0, 0.1) is 5.92 Å². The SMILES string of the molecule is CCOC(=O)C(N)CN1CC(C)CC1C. The normalized spacial score (nSPS) is 29.1. The molecular formula is C11H22N2O2. The minimum Gasteiger partial charge on any atom is -0.465 e. The first-order valence-electron chi connectivity index (χ1n) is 5.70. The lowest BCUT2D eigenvalue weighted by molar-refractivity contribution is -0.145. The molecule has 1 saturated heterocycles. The van der Waals surface area contributed by atoms with Gasteiger partial charge in [0.25, 0.3) is 0 Å². The Kier molecular flexibility index (Phi) is 4.54. The number of likely N-dealkylation sites (tertiary alicyclic amines) is 1. The van der Waals surface area contributed by atoms with Gasteiger partial charge in [0.2, 0.25) is 0 Å². The first-order valence-corrected chi connectivity index (χ1v) is 5.70. The van der Waals surface area contributed by atoms with Gasteiger partial charge >= 0.3 is 5.97 Å². The molecule has 4 nitrogen and oxygen atoms in total. The number of hydrogen-bond acceptors (Lipinski definition) is 4. The number of nitrogens with zero attached hydrogens (tertiary/aromatic N) is 1. The lowest BCUT2D eigenvalue weighted by atomic mass is 10.1. The van der Waals surface area contributed by atoms with Gasteiger partial charge in [0.1, 0.15) is 6.04 Å². The zero-order valence-corrected chi connectivity index (χ0v) is 9.90. The van der Waals surface area contributed by atoms with E-state index in [0.717, 1.165) is 6.54 Å². The van der Waals surface area contributed by atoms with E-state index in [1.807, 2.05) is 0 Å². The van der Waals surface area contributed by atoms with Crippen LogP contribution in [0.4, 0.5) is 0 Å². The van der Waals surface area contributed by atoms with Gasteiger partial charge in [0.15, 0.2) is 0 Å². The van der Waals surface area contributed by atoms with E-state index in [1.165, 1.54) is 6.42 Å². The minimum atomic E-state index is -0.502. The van der Waals surface area contributed by atoms with Crippen LogP contribution in [0.3, 0.4) is 0 Å². The van der Waals surface area contributed by atoms with Crippen molar-refractivity contribution in [3.8, 4) is 0 Å². The highest BCUT2D eigenvalue weighted by molar-refractivity contribution is 5.75. The summed E-state index contributed by atoms with van der Waals surface area (Å²) in [4.78, 5) is 13.6. The van der Waals surface area contributed by atoms with Gasteiger partial charge in [-0.1, -0.05) is 6.92 Å². The average Bonchev–Trinajstić information content (AvgIpc) is 2.45. The summed E-state index contributed by atoms with van der Waals surface area (Å²) in [5, 5.41) is 0. The van der Waals surface area contributed by atoms with Crippen molar-refractivity contribution in [3.05, 3.63) is 0 Å². The Balaban J connectivity index is 2.37. The molecule has 1 heterocycles. The van der Waals surface area contributed by atoms with Crippen LogP contribution >= 0.6 is 0 Å². The topological polar surface area (TPSA) is 55.6 Å². The molecule has 1 rings (SSSR count). The van der Waals surface area contributed by atoms with E-state index in [2.05, 4.69) is 18.7 Å². The second-order valence-corrected chi connectivity index (χ2v) is 4.50. The first-order chi connectivity index (χ1) is 7.04. The number of carbonyl (C=O) groups excluding carboxylic acids is 1. The van der Waals surface area contributed by atoms with Crippen molar-refractivity contribution in [1.29, 1.82) is 0 Å². The number of carbonyl (C=O) groups is 1. The van der Waals surface area contributed by atoms with E-state index in [0.29, 0.717) is 25.1 Å². The Bertz CT molecular complexity index is 221. The van der Waals surface area contributed by atoms with Gasteiger partial charge in [0, 0.05) is 19.1 Å². The highest BCUT2D eigenvalue weighted by Crippen LogP contribution is 2.21. The fourth-order valence-electron chi connectivity index (χ4n) is 2.22. The molecule has 1 fully saturated rings. The molecule has 0 spiro atoms. The van der Waals surface area contributed by atoms with Crippen LogP contribution in [-0.4, -0.2) is 42.6 Å². The highest BCUT2D eigenvalue weighted by atomic mass is 16.5. The predicted molar refractivity (Wildman–Crippen MR) is 59.4 cm³/mol. The van der Waals surface area contributed by atoms with Crippen molar-refractivity contribution < 1.29 is 9.53 Å². The van der Waals surface area contributed by atoms with Crippen LogP contribution in [0.25, 0.3) is 0 Å². The van der Waals surface area contributed by atoms with Crippen molar-refractivity contribution in [2.24, 2.45) is 11.7 Å². The molecule has 0 aliphatic carbocycles. The van der Waals surface area contributed by atoms with Gasteiger partial charge in [0.05, 0.1) is 6.61 Å². The summed E-state index contributed by atoms with van der Waals surface area (Å²) in [6, 6.07) is 0.0261. The van der Waals surface area contributed by atoms with Gasteiger partial charge in [-0.15, -0.1) is 0 Å². The molecule has 1 aliphatic rings. The molecule has 1 aliphatic heterocycles. The fraction of sp³-hybridized carbons (Fsp3) is 0.909. The molecule has 15 heavy (non-hydrogen) atoms. The smallest absolute Gasteiger partial charge is 0.324 e. The number of rotatable bonds is 4. The molecule has 0 aromatic rings. The molecule has 3 unspecified atom stereocenters. The fourth-order valence-corrected chi connectivity index (χ4v) is 2.22. The first kappa shape index (κ1) is 12.5. The number of hydrogen-bond donors (Lipinski definition) is 1. The van der Waals surface area contributed by atoms with Crippen LogP contribution in [0.15, 0.2) is 0 Å². The molecule has 88 valence electrons. The third-order valence-corrected chi connectivity index (χ3v) is 2.93. The Labute approximate surface area is 91.8 Å². The van der Waals surface area contributed by atoms with Crippen molar-refractivity contribution in [1.82, 2.24) is 4.90 Å². The lowest BCUT2D eigenvalue weighted by Gasteiger charge is -2.23. The summed E-state index contributed by atoms with van der Waals surface area (Å²) in [6.07, 6.45) is 1.19. The van der Waals surface area contributed by atoms with Crippen LogP contribution in [-0.2, 0) is 9.53 Å². The predicted octanol–water partition coefficient (Wildman–Crippen LogP) is 0.607. The molecule has 0 bridgehead atoms. The Morgan fingerprint density at radius 2 is 2.27 bits per heavy atom. The third-order valence-electron chi connectivity index (χ3n) is 2.93. The second-order valence-electron chi connectivity index (χ2n) is 4.50. The van der Waals surface area contributed by atoms with Gasteiger partial charge in [-0.25, -0.2) is 0 Å². The van der Waals surface area contributed by atoms with Crippen LogP contribution in [0.1, 0.15) is 27.2 Å². The van der Waals surface area contributed by atoms with Crippen molar-refractivity contribution in [3.63, 3.8) is 0 Å². The Morgan fingerprint density at radius 3 is 2.73 bits per heavy atom. The van der Waals surface area contributed by atoms with Crippen molar-refractivity contribution in [2.45, 2.75) is 39.3 Å². The summed E-state index contributed by atoms with van der Waals surface area (Å²) in [7, 11) is 0. The molecule has 0 radical (unpaired) electrons. The molecule has 0 amide bonds. The minimum absolute atomic E-state index is 0.288. The van der Waals surface area contributed by atoms with Crippen LogP contribution in [0.5, 0.6) is 0 Å². The maximum absolute atomic E-state index is 11.3. The third kappa shape index (κ3) is 3.47. The zero-order valence-electron chi connectivity index (χ0n) is 9.90. The highest BCUT2D eigenvalue weighted by Gasteiger charge is 2.29. The van der Waals surface area contributed by atoms with Gasteiger partial charge in [-0.3, -0.25) is 9.69 Å². The van der Waals surface area contributed by atoms with Crippen molar-refractivity contribution >= 4 is 5.97 Å². The van der Waals surface area contributed by atoms with Gasteiger partial charge in [-0.2, -0.15) is 0 Å². The summed E-state index contributed by atoms with van der Waals surface area (Å²) >= 11 is 0. The summed E-state index contributed by atoms with van der Waals surface area (Å²) < 4.78 is 4.89. The number of nitrogens with two attached hydrogens (primary N) is 1. The molecule has 0 saturated carbocycles. The summed E-state index contributed by atoms with van der Waals surface area (Å²) in [5.74, 6) is 0.415. The molecular weight excluding hydrogens is 192 g/mol.